The van der Waals surface area contributed by atoms with Gasteiger partial charge in [-0.05, 0) is 31.9 Å². The average molecular weight is 412 g/mol. The van der Waals surface area contributed by atoms with Gasteiger partial charge < -0.3 is 15.2 Å². The van der Waals surface area contributed by atoms with Gasteiger partial charge in [0.05, 0.1) is 22.8 Å². The van der Waals surface area contributed by atoms with E-state index in [0.717, 1.165) is 58.9 Å². The number of aromatic amines is 1. The molecule has 0 saturated heterocycles. The molecule has 0 spiro atoms. The highest BCUT2D eigenvalue weighted by Gasteiger charge is 2.28. The van der Waals surface area contributed by atoms with Crippen LogP contribution in [0.3, 0.4) is 0 Å². The number of hydrogen-bond donors (Lipinski definition) is 2. The first-order chi connectivity index (χ1) is 15.2. The number of aryl methyl sites for hydroxylation is 1. The Morgan fingerprint density at radius 2 is 2.16 bits per heavy atom. The van der Waals surface area contributed by atoms with E-state index in [0.29, 0.717) is 25.1 Å². The van der Waals surface area contributed by atoms with Crippen molar-refractivity contribution in [1.29, 1.82) is 5.26 Å². The largest absolute Gasteiger partial charge is 0.357 e. The van der Waals surface area contributed by atoms with Gasteiger partial charge in [0, 0.05) is 48.9 Å². The molecule has 1 unspecified atom stereocenters. The number of nitriles is 1. The number of benzene rings is 1. The lowest BCUT2D eigenvalue weighted by Crippen LogP contribution is -2.34. The van der Waals surface area contributed by atoms with Crippen LogP contribution >= 0.6 is 0 Å². The summed E-state index contributed by atoms with van der Waals surface area (Å²) in [5, 5.41) is 12.0. The third-order valence-electron chi connectivity index (χ3n) is 6.07. The molecule has 2 aromatic heterocycles. The molecule has 0 fully saturated rings. The average Bonchev–Trinajstić information content (AvgIpc) is 3.22. The Balaban J connectivity index is 1.70. The summed E-state index contributed by atoms with van der Waals surface area (Å²) in [6, 6.07) is 10.1. The Bertz CT molecular complexity index is 1230. The van der Waals surface area contributed by atoms with Crippen LogP contribution in [0.2, 0.25) is 0 Å². The minimum Gasteiger partial charge on any atom is -0.357 e. The number of carbonyl (C=O) groups is 1. The molecule has 0 aliphatic carbocycles. The van der Waals surface area contributed by atoms with Crippen molar-refractivity contribution in [1.82, 2.24) is 20.3 Å². The van der Waals surface area contributed by atoms with Gasteiger partial charge in [0.2, 0.25) is 0 Å². The summed E-state index contributed by atoms with van der Waals surface area (Å²) in [4.78, 5) is 28.1. The molecule has 2 aliphatic heterocycles. The summed E-state index contributed by atoms with van der Waals surface area (Å²) in [5.41, 5.74) is 6.05. The van der Waals surface area contributed by atoms with Crippen LogP contribution in [-0.2, 0) is 0 Å². The quantitative estimate of drug-likeness (QED) is 0.503. The van der Waals surface area contributed by atoms with E-state index in [2.05, 4.69) is 33.4 Å². The van der Waals surface area contributed by atoms with Crippen LogP contribution in [0.25, 0.3) is 22.3 Å². The zero-order valence-electron chi connectivity index (χ0n) is 17.5. The Kier molecular flexibility index (Phi) is 4.91. The molecule has 2 aliphatic rings. The lowest BCUT2D eigenvalue weighted by Gasteiger charge is -2.24. The second-order valence-electron chi connectivity index (χ2n) is 8.14. The van der Waals surface area contributed by atoms with Crippen LogP contribution in [0.1, 0.15) is 46.9 Å². The van der Waals surface area contributed by atoms with E-state index in [1.54, 1.807) is 0 Å². The third kappa shape index (κ3) is 3.44. The number of amides is 1. The lowest BCUT2D eigenvalue weighted by atomic mass is 9.94. The summed E-state index contributed by atoms with van der Waals surface area (Å²) < 4.78 is 0. The second-order valence-corrected chi connectivity index (χ2v) is 8.14. The van der Waals surface area contributed by atoms with Gasteiger partial charge in [-0.3, -0.25) is 4.79 Å². The van der Waals surface area contributed by atoms with Crippen molar-refractivity contribution < 1.29 is 4.79 Å². The first kappa shape index (κ1) is 19.3. The standard InChI is InChI=1S/C24H24N6O/c1-15-23-29-22-17(8-6-9-19(22)27-15)20-13-18-21(28-20)16(14-26-24(18)31)7-2-4-11-30(23)12-5-3-10-25/h2,4,6,8-9,13,16,28H,3,5,7,11-12,14H2,1H3,(H,26,31). The van der Waals surface area contributed by atoms with Gasteiger partial charge in [-0.15, -0.1) is 0 Å². The van der Waals surface area contributed by atoms with Crippen LogP contribution in [0.15, 0.2) is 36.4 Å². The number of para-hydroxylation sites is 1. The summed E-state index contributed by atoms with van der Waals surface area (Å²) in [6.45, 7) is 4.06. The summed E-state index contributed by atoms with van der Waals surface area (Å²) >= 11 is 0. The van der Waals surface area contributed by atoms with Crippen LogP contribution in [-0.4, -0.2) is 40.5 Å². The fourth-order valence-electron chi connectivity index (χ4n) is 4.51. The SMILES string of the molecule is Cc1nc2cccc3c2nc1N(CCCC#N)CC=CCC1CNC(=O)c2cc-3[nH]c21. The van der Waals surface area contributed by atoms with Gasteiger partial charge in [0.25, 0.3) is 5.91 Å². The molecule has 2 N–H and O–H groups in total. The number of aromatic nitrogens is 3. The predicted octanol–water partition coefficient (Wildman–Crippen LogP) is 3.83. The van der Waals surface area contributed by atoms with E-state index >= 15 is 0 Å². The van der Waals surface area contributed by atoms with Gasteiger partial charge in [-0.1, -0.05) is 24.3 Å². The van der Waals surface area contributed by atoms with Crippen molar-refractivity contribution in [3.8, 4) is 17.3 Å². The zero-order valence-corrected chi connectivity index (χ0v) is 17.5. The summed E-state index contributed by atoms with van der Waals surface area (Å²) in [5.74, 6) is 1.02. The molecule has 7 nitrogen and oxygen atoms in total. The maximum atomic E-state index is 12.5. The number of rotatable bonds is 3. The molecule has 31 heavy (non-hydrogen) atoms. The fourth-order valence-corrected chi connectivity index (χ4v) is 4.51. The van der Waals surface area contributed by atoms with Crippen molar-refractivity contribution in [2.75, 3.05) is 24.5 Å². The van der Waals surface area contributed by atoms with Crippen molar-refractivity contribution in [3.63, 3.8) is 0 Å². The Morgan fingerprint density at radius 1 is 1.26 bits per heavy atom. The highest BCUT2D eigenvalue weighted by Crippen LogP contribution is 2.34. The smallest absolute Gasteiger partial charge is 0.253 e. The topological polar surface area (TPSA) is 97.7 Å². The highest BCUT2D eigenvalue weighted by molar-refractivity contribution is 6.00. The number of allylic oxidation sites excluding steroid dienone is 1. The minimum absolute atomic E-state index is 0.0312. The van der Waals surface area contributed by atoms with Gasteiger partial charge in [0.15, 0.2) is 5.82 Å². The third-order valence-corrected chi connectivity index (χ3v) is 6.07. The molecule has 1 amide bonds. The van der Waals surface area contributed by atoms with E-state index in [4.69, 9.17) is 15.2 Å². The van der Waals surface area contributed by atoms with Gasteiger partial charge >= 0.3 is 0 Å². The van der Waals surface area contributed by atoms with Gasteiger partial charge in [0.1, 0.15) is 5.52 Å². The van der Waals surface area contributed by atoms with E-state index in [9.17, 15) is 4.79 Å². The molecule has 156 valence electrons. The monoisotopic (exact) mass is 412 g/mol. The van der Waals surface area contributed by atoms with Crippen LogP contribution < -0.4 is 10.2 Å². The molecule has 1 atom stereocenters. The second kappa shape index (κ2) is 7.88. The fraction of sp³-hybridized carbons (Fsp3) is 0.333. The molecule has 1 aromatic carbocycles. The number of carbonyl (C=O) groups excluding carboxylic acids is 1. The van der Waals surface area contributed by atoms with Gasteiger partial charge in [-0.25, -0.2) is 9.97 Å². The number of anilines is 1. The Labute approximate surface area is 180 Å². The van der Waals surface area contributed by atoms with Gasteiger partial charge in [-0.2, -0.15) is 5.26 Å². The minimum atomic E-state index is -0.0312. The van der Waals surface area contributed by atoms with E-state index < -0.39 is 0 Å². The van der Waals surface area contributed by atoms with Crippen LogP contribution in [0.4, 0.5) is 5.82 Å². The molecule has 7 heteroatoms. The zero-order chi connectivity index (χ0) is 21.4. The summed E-state index contributed by atoms with van der Waals surface area (Å²) in [7, 11) is 0. The van der Waals surface area contributed by atoms with E-state index in [1.807, 2.05) is 31.2 Å². The first-order valence-corrected chi connectivity index (χ1v) is 10.7. The predicted molar refractivity (Wildman–Crippen MR) is 120 cm³/mol. The number of H-pyrrole nitrogens is 1. The van der Waals surface area contributed by atoms with Crippen molar-refractivity contribution >= 4 is 22.8 Å². The molecule has 5 rings (SSSR count). The number of hydrogen-bond acceptors (Lipinski definition) is 5. The molecule has 0 saturated carbocycles. The van der Waals surface area contributed by atoms with Crippen molar-refractivity contribution in [2.24, 2.45) is 0 Å². The van der Waals surface area contributed by atoms with Crippen molar-refractivity contribution in [2.45, 2.75) is 32.1 Å². The molecular weight excluding hydrogens is 388 g/mol. The molecule has 0 radical (unpaired) electrons. The molecule has 3 aromatic rings. The van der Waals surface area contributed by atoms with Crippen molar-refractivity contribution in [3.05, 3.63) is 53.4 Å². The van der Waals surface area contributed by atoms with Crippen LogP contribution in [0, 0.1) is 18.3 Å². The highest BCUT2D eigenvalue weighted by atomic mass is 16.1. The lowest BCUT2D eigenvalue weighted by molar-refractivity contribution is 0.0940. The Hall–Kier alpha value is -3.66. The number of unbranched alkanes of at least 4 members (excludes halogenated alkanes) is 1. The maximum absolute atomic E-state index is 12.5. The first-order valence-electron chi connectivity index (χ1n) is 10.7. The normalized spacial score (nSPS) is 17.6. The number of nitrogens with zero attached hydrogens (tertiary/aromatic N) is 4. The number of fused-ring (bicyclic) bond motifs is 3. The van der Waals surface area contributed by atoms with E-state index in [-0.39, 0.29) is 11.8 Å². The molecular formula is C24H24N6O. The maximum Gasteiger partial charge on any atom is 0.253 e. The summed E-state index contributed by atoms with van der Waals surface area (Å²) in [6.07, 6.45) is 6.47. The Morgan fingerprint density at radius 3 is 3.03 bits per heavy atom. The number of nitrogens with one attached hydrogen (secondary N) is 2. The molecule has 4 heterocycles. The van der Waals surface area contributed by atoms with E-state index in [1.165, 1.54) is 0 Å². The van der Waals surface area contributed by atoms with Crippen LogP contribution in [0.5, 0.6) is 0 Å². The molecule has 4 bridgehead atoms.